The minimum atomic E-state index is -0.419. The highest BCUT2D eigenvalue weighted by molar-refractivity contribution is 6.35. The van der Waals surface area contributed by atoms with Gasteiger partial charge in [0.15, 0.2) is 5.15 Å². The molecule has 0 fully saturated rings. The number of aromatic nitrogens is 3. The van der Waals surface area contributed by atoms with Gasteiger partial charge in [0.1, 0.15) is 22.7 Å². The average molecular weight is 263 g/mol. The molecular formula is C11H7ClN4O2. The number of non-ortho nitro benzene ring substituents is 1. The van der Waals surface area contributed by atoms with Gasteiger partial charge in [-0.15, -0.1) is 0 Å². The molecule has 6 nitrogen and oxygen atoms in total. The maximum atomic E-state index is 11.1. The highest BCUT2D eigenvalue weighted by atomic mass is 35.5. The summed E-state index contributed by atoms with van der Waals surface area (Å²) >= 11 is 6.02. The summed E-state index contributed by atoms with van der Waals surface area (Å²) in [5.74, 6) is 0. The zero-order valence-corrected chi connectivity index (χ0v) is 10.0. The molecule has 0 aliphatic heterocycles. The van der Waals surface area contributed by atoms with Gasteiger partial charge in [0.25, 0.3) is 5.69 Å². The van der Waals surface area contributed by atoms with Gasteiger partial charge in [-0.1, -0.05) is 17.7 Å². The zero-order valence-electron chi connectivity index (χ0n) is 9.29. The summed E-state index contributed by atoms with van der Waals surface area (Å²) in [6.07, 6.45) is 1.31. The summed E-state index contributed by atoms with van der Waals surface area (Å²) in [7, 11) is 1.78. The largest absolute Gasteiger partial charge is 0.340 e. The maximum absolute atomic E-state index is 11.1. The summed E-state index contributed by atoms with van der Waals surface area (Å²) in [4.78, 5) is 18.7. The van der Waals surface area contributed by atoms with Crippen molar-refractivity contribution in [2.75, 3.05) is 0 Å². The van der Waals surface area contributed by atoms with E-state index in [0.29, 0.717) is 21.9 Å². The van der Waals surface area contributed by atoms with Crippen LogP contribution in [0.3, 0.4) is 0 Å². The van der Waals surface area contributed by atoms with E-state index in [2.05, 4.69) is 9.97 Å². The predicted molar refractivity (Wildman–Crippen MR) is 67.7 cm³/mol. The second-order valence-electron chi connectivity index (χ2n) is 3.85. The van der Waals surface area contributed by atoms with E-state index in [-0.39, 0.29) is 10.8 Å². The molecule has 0 N–H and O–H groups in total. The van der Waals surface area contributed by atoms with Gasteiger partial charge < -0.3 is 4.57 Å². The Morgan fingerprint density at radius 2 is 2.17 bits per heavy atom. The van der Waals surface area contributed by atoms with Crippen LogP contribution in [0.4, 0.5) is 5.69 Å². The fraction of sp³-hybridized carbons (Fsp3) is 0.0909. The Morgan fingerprint density at radius 1 is 1.39 bits per heavy atom. The van der Waals surface area contributed by atoms with Crippen LogP contribution in [0.25, 0.3) is 21.9 Å². The van der Waals surface area contributed by atoms with E-state index >= 15 is 0 Å². The molecule has 90 valence electrons. The molecule has 2 heterocycles. The van der Waals surface area contributed by atoms with E-state index in [0.717, 1.165) is 0 Å². The van der Waals surface area contributed by atoms with E-state index in [9.17, 15) is 10.1 Å². The Morgan fingerprint density at radius 3 is 2.89 bits per heavy atom. The number of hydrogen-bond donors (Lipinski definition) is 0. The second kappa shape index (κ2) is 3.64. The number of aryl methyl sites for hydroxylation is 1. The molecular weight excluding hydrogens is 256 g/mol. The molecule has 0 saturated heterocycles. The van der Waals surface area contributed by atoms with Gasteiger partial charge >= 0.3 is 0 Å². The molecule has 3 aromatic rings. The van der Waals surface area contributed by atoms with Crippen LogP contribution in [0, 0.1) is 10.1 Å². The molecule has 3 rings (SSSR count). The van der Waals surface area contributed by atoms with E-state index < -0.39 is 4.92 Å². The van der Waals surface area contributed by atoms with Crippen molar-refractivity contribution in [2.45, 2.75) is 0 Å². The Hall–Kier alpha value is -2.21. The third kappa shape index (κ3) is 1.29. The Bertz CT molecular complexity index is 796. The number of benzene rings is 1. The lowest BCUT2D eigenvalue weighted by Crippen LogP contribution is -1.90. The van der Waals surface area contributed by atoms with Crippen molar-refractivity contribution in [2.24, 2.45) is 7.05 Å². The van der Waals surface area contributed by atoms with Crippen LogP contribution in [-0.4, -0.2) is 19.5 Å². The molecule has 0 saturated carbocycles. The lowest BCUT2D eigenvalue weighted by Gasteiger charge is -1.97. The van der Waals surface area contributed by atoms with Crippen LogP contribution in [0.5, 0.6) is 0 Å². The van der Waals surface area contributed by atoms with Crippen LogP contribution in [0.1, 0.15) is 0 Å². The highest BCUT2D eigenvalue weighted by Crippen LogP contribution is 2.35. The zero-order chi connectivity index (χ0) is 12.9. The van der Waals surface area contributed by atoms with Gasteiger partial charge in [-0.05, 0) is 6.07 Å². The van der Waals surface area contributed by atoms with Crippen LogP contribution >= 0.6 is 11.6 Å². The van der Waals surface area contributed by atoms with Gasteiger partial charge in [0, 0.05) is 13.1 Å². The molecule has 0 radical (unpaired) electrons. The van der Waals surface area contributed by atoms with Crippen molar-refractivity contribution < 1.29 is 4.92 Å². The van der Waals surface area contributed by atoms with Crippen molar-refractivity contribution in [3.8, 4) is 0 Å². The van der Waals surface area contributed by atoms with E-state index in [4.69, 9.17) is 11.6 Å². The minimum Gasteiger partial charge on any atom is -0.340 e. The topological polar surface area (TPSA) is 73.8 Å². The van der Waals surface area contributed by atoms with Crippen molar-refractivity contribution in [1.29, 1.82) is 0 Å². The first-order valence-electron chi connectivity index (χ1n) is 5.13. The van der Waals surface area contributed by atoms with E-state index in [1.165, 1.54) is 12.4 Å². The summed E-state index contributed by atoms with van der Waals surface area (Å²) in [5, 5.41) is 11.8. The predicted octanol–water partition coefficient (Wildman–Crippen LogP) is 2.68. The number of nitro groups is 1. The monoisotopic (exact) mass is 262 g/mol. The SMILES string of the molecule is Cn1c2cccc([N+](=O)[O-])c2c2ncnc(Cl)c21. The molecule has 1 aromatic carbocycles. The van der Waals surface area contributed by atoms with Gasteiger partial charge in [-0.2, -0.15) is 0 Å². The van der Waals surface area contributed by atoms with Crippen LogP contribution < -0.4 is 0 Å². The molecule has 0 bridgehead atoms. The van der Waals surface area contributed by atoms with Gasteiger partial charge in [-0.3, -0.25) is 10.1 Å². The number of hydrogen-bond acceptors (Lipinski definition) is 4. The maximum Gasteiger partial charge on any atom is 0.280 e. The first kappa shape index (κ1) is 10.9. The summed E-state index contributed by atoms with van der Waals surface area (Å²) in [6, 6.07) is 4.89. The van der Waals surface area contributed by atoms with E-state index in [1.54, 1.807) is 23.7 Å². The second-order valence-corrected chi connectivity index (χ2v) is 4.21. The first-order chi connectivity index (χ1) is 8.61. The average Bonchev–Trinajstić information content (AvgIpc) is 2.65. The number of rotatable bonds is 1. The van der Waals surface area contributed by atoms with E-state index in [1.807, 2.05) is 0 Å². The minimum absolute atomic E-state index is 0.0212. The molecule has 7 heteroatoms. The van der Waals surface area contributed by atoms with Gasteiger partial charge in [0.05, 0.1) is 10.4 Å². The van der Waals surface area contributed by atoms with Crippen molar-refractivity contribution in [3.05, 3.63) is 39.8 Å². The molecule has 0 unspecified atom stereocenters. The number of halogens is 1. The molecule has 18 heavy (non-hydrogen) atoms. The first-order valence-corrected chi connectivity index (χ1v) is 5.51. The van der Waals surface area contributed by atoms with Crippen LogP contribution in [-0.2, 0) is 7.05 Å². The van der Waals surface area contributed by atoms with Crippen LogP contribution in [0.2, 0.25) is 5.15 Å². The highest BCUT2D eigenvalue weighted by Gasteiger charge is 2.20. The molecule has 0 aliphatic carbocycles. The fourth-order valence-corrected chi connectivity index (χ4v) is 2.42. The molecule has 0 spiro atoms. The summed E-state index contributed by atoms with van der Waals surface area (Å²) < 4.78 is 1.76. The Kier molecular flexibility index (Phi) is 2.21. The number of nitrogens with zero attached hydrogens (tertiary/aromatic N) is 4. The third-order valence-electron chi connectivity index (χ3n) is 2.93. The normalized spacial score (nSPS) is 11.2. The molecule has 0 atom stereocenters. The lowest BCUT2D eigenvalue weighted by molar-refractivity contribution is -0.383. The standard InChI is InChI=1S/C11H7ClN4O2/c1-15-6-3-2-4-7(16(17)18)8(6)9-10(15)11(12)14-5-13-9/h2-5H,1H3. The van der Waals surface area contributed by atoms with Crippen LogP contribution in [0.15, 0.2) is 24.5 Å². The van der Waals surface area contributed by atoms with Crippen molar-refractivity contribution in [3.63, 3.8) is 0 Å². The Labute approximate surface area is 106 Å². The number of nitro benzene ring substituents is 1. The lowest BCUT2D eigenvalue weighted by atomic mass is 10.2. The summed E-state index contributed by atoms with van der Waals surface area (Å²) in [6.45, 7) is 0. The smallest absolute Gasteiger partial charge is 0.280 e. The van der Waals surface area contributed by atoms with Gasteiger partial charge in [-0.25, -0.2) is 9.97 Å². The Balaban J connectivity index is 2.65. The van der Waals surface area contributed by atoms with Crippen molar-refractivity contribution in [1.82, 2.24) is 14.5 Å². The number of fused-ring (bicyclic) bond motifs is 3. The third-order valence-corrected chi connectivity index (χ3v) is 3.20. The molecule has 0 amide bonds. The summed E-state index contributed by atoms with van der Waals surface area (Å²) in [5.41, 5.74) is 1.83. The fourth-order valence-electron chi connectivity index (χ4n) is 2.16. The molecule has 0 aliphatic rings. The molecule has 2 aromatic heterocycles. The van der Waals surface area contributed by atoms with Crippen molar-refractivity contribution >= 4 is 39.2 Å². The quantitative estimate of drug-likeness (QED) is 0.384. The van der Waals surface area contributed by atoms with Gasteiger partial charge in [0.2, 0.25) is 0 Å².